The summed E-state index contributed by atoms with van der Waals surface area (Å²) in [5.74, 6) is 0.167. The molecule has 0 heterocycles. The SMILES string of the molecule is CCN(CC)CC(=O)N(c1ccccc1)C(C)C.[Cl-]. The van der Waals surface area contributed by atoms with Gasteiger partial charge in [-0.1, -0.05) is 32.0 Å². The number of likely N-dealkylation sites (N-methyl/N-ethyl adjacent to an activating group) is 1. The summed E-state index contributed by atoms with van der Waals surface area (Å²) in [6, 6.07) is 10.1. The Kier molecular flexibility index (Phi) is 8.44. The average molecular weight is 284 g/mol. The molecule has 3 nitrogen and oxygen atoms in total. The highest BCUT2D eigenvalue weighted by atomic mass is 35.5. The Labute approximate surface area is 123 Å². The zero-order valence-corrected chi connectivity index (χ0v) is 13.0. The van der Waals surface area contributed by atoms with E-state index in [1.54, 1.807) is 0 Å². The highest BCUT2D eigenvalue weighted by molar-refractivity contribution is 5.95. The summed E-state index contributed by atoms with van der Waals surface area (Å²) in [4.78, 5) is 16.4. The Morgan fingerprint density at radius 2 is 1.63 bits per heavy atom. The molecule has 0 unspecified atom stereocenters. The highest BCUT2D eigenvalue weighted by Gasteiger charge is 2.20. The summed E-state index contributed by atoms with van der Waals surface area (Å²) >= 11 is 0. The number of anilines is 1. The molecule has 1 aromatic rings. The molecule has 0 fully saturated rings. The van der Waals surface area contributed by atoms with Gasteiger partial charge in [0.25, 0.3) is 0 Å². The molecule has 0 radical (unpaired) electrons. The number of rotatable bonds is 6. The molecular weight excluding hydrogens is 260 g/mol. The number of amides is 1. The predicted octanol–water partition coefficient (Wildman–Crippen LogP) is -0.226. The van der Waals surface area contributed by atoms with Gasteiger partial charge < -0.3 is 17.3 Å². The number of nitrogens with zero attached hydrogens (tertiary/aromatic N) is 2. The molecule has 0 spiro atoms. The lowest BCUT2D eigenvalue weighted by Gasteiger charge is -2.29. The van der Waals surface area contributed by atoms with Gasteiger partial charge in [0.2, 0.25) is 5.91 Å². The number of benzene rings is 1. The monoisotopic (exact) mass is 283 g/mol. The molecule has 0 atom stereocenters. The van der Waals surface area contributed by atoms with Gasteiger partial charge in [-0.15, -0.1) is 0 Å². The molecule has 1 aromatic carbocycles. The molecule has 0 aliphatic rings. The van der Waals surface area contributed by atoms with Crippen LogP contribution >= 0.6 is 0 Å². The van der Waals surface area contributed by atoms with Crippen molar-refractivity contribution >= 4 is 11.6 Å². The largest absolute Gasteiger partial charge is 1.00 e. The predicted molar refractivity (Wildman–Crippen MR) is 76.9 cm³/mol. The van der Waals surface area contributed by atoms with Crippen molar-refractivity contribution in [2.24, 2.45) is 0 Å². The molecule has 0 aromatic heterocycles. The highest BCUT2D eigenvalue weighted by Crippen LogP contribution is 2.16. The summed E-state index contributed by atoms with van der Waals surface area (Å²) < 4.78 is 0. The van der Waals surface area contributed by atoms with Crippen molar-refractivity contribution in [1.82, 2.24) is 4.90 Å². The van der Waals surface area contributed by atoms with Crippen LogP contribution in [0.25, 0.3) is 0 Å². The molecular formula is C15H24ClN2O-. The normalized spacial score (nSPS) is 10.4. The van der Waals surface area contributed by atoms with E-state index in [2.05, 4.69) is 18.7 Å². The fraction of sp³-hybridized carbons (Fsp3) is 0.533. The molecule has 4 heteroatoms. The number of carbonyl (C=O) groups excluding carboxylic acids is 1. The van der Waals surface area contributed by atoms with E-state index in [-0.39, 0.29) is 24.4 Å². The average Bonchev–Trinajstić information content (AvgIpc) is 2.37. The minimum Gasteiger partial charge on any atom is -1.00 e. The van der Waals surface area contributed by atoms with Crippen LogP contribution in [0.1, 0.15) is 27.7 Å². The van der Waals surface area contributed by atoms with Gasteiger partial charge in [-0.3, -0.25) is 9.69 Å². The van der Waals surface area contributed by atoms with Gasteiger partial charge >= 0.3 is 0 Å². The minimum atomic E-state index is 0. The van der Waals surface area contributed by atoms with E-state index >= 15 is 0 Å². The lowest BCUT2D eigenvalue weighted by Crippen LogP contribution is -3.00. The Bertz CT molecular complexity index is 364. The Hall–Kier alpha value is -1.06. The van der Waals surface area contributed by atoms with E-state index in [0.717, 1.165) is 18.8 Å². The maximum absolute atomic E-state index is 12.4. The Morgan fingerprint density at radius 3 is 2.05 bits per heavy atom. The summed E-state index contributed by atoms with van der Waals surface area (Å²) in [6.45, 7) is 10.6. The molecule has 0 N–H and O–H groups in total. The maximum Gasteiger partial charge on any atom is 0.241 e. The summed E-state index contributed by atoms with van der Waals surface area (Å²) in [5, 5.41) is 0. The van der Waals surface area contributed by atoms with Crippen LogP contribution < -0.4 is 17.3 Å². The van der Waals surface area contributed by atoms with Gasteiger partial charge in [-0.25, -0.2) is 0 Å². The zero-order chi connectivity index (χ0) is 13.5. The van der Waals surface area contributed by atoms with Crippen LogP contribution in [0.4, 0.5) is 5.69 Å². The van der Waals surface area contributed by atoms with Crippen LogP contribution in [-0.4, -0.2) is 36.5 Å². The van der Waals surface area contributed by atoms with Crippen molar-refractivity contribution in [2.75, 3.05) is 24.5 Å². The molecule has 19 heavy (non-hydrogen) atoms. The Balaban J connectivity index is 0.00000324. The van der Waals surface area contributed by atoms with E-state index in [0.29, 0.717) is 6.54 Å². The minimum absolute atomic E-state index is 0. The molecule has 0 bridgehead atoms. The Morgan fingerprint density at radius 1 is 1.11 bits per heavy atom. The van der Waals surface area contributed by atoms with Gasteiger partial charge in [-0.05, 0) is 39.1 Å². The second-order valence-corrected chi connectivity index (χ2v) is 4.65. The van der Waals surface area contributed by atoms with Crippen LogP contribution in [0.2, 0.25) is 0 Å². The van der Waals surface area contributed by atoms with Crippen molar-refractivity contribution < 1.29 is 17.2 Å². The smallest absolute Gasteiger partial charge is 0.241 e. The molecule has 108 valence electrons. The molecule has 0 aliphatic carbocycles. The zero-order valence-electron chi connectivity index (χ0n) is 12.3. The fourth-order valence-corrected chi connectivity index (χ4v) is 2.03. The maximum atomic E-state index is 12.4. The number of hydrogen-bond acceptors (Lipinski definition) is 2. The van der Waals surface area contributed by atoms with E-state index in [1.807, 2.05) is 49.1 Å². The van der Waals surface area contributed by atoms with Crippen LogP contribution in [0.15, 0.2) is 30.3 Å². The number of halogens is 1. The first-order valence-corrected chi connectivity index (χ1v) is 6.69. The standard InChI is InChI=1S/C15H24N2O.ClH/c1-5-16(6-2)12-15(18)17(13(3)4)14-10-8-7-9-11-14;/h7-11,13H,5-6,12H2,1-4H3;1H/p-1. The van der Waals surface area contributed by atoms with Gasteiger partial charge in [-0.2, -0.15) is 0 Å². The van der Waals surface area contributed by atoms with E-state index in [4.69, 9.17) is 0 Å². The quantitative estimate of drug-likeness (QED) is 0.720. The molecule has 1 amide bonds. The first-order valence-electron chi connectivity index (χ1n) is 6.69. The van der Waals surface area contributed by atoms with Crippen molar-refractivity contribution in [3.8, 4) is 0 Å². The van der Waals surface area contributed by atoms with Gasteiger partial charge in [0, 0.05) is 11.7 Å². The van der Waals surface area contributed by atoms with Crippen molar-refractivity contribution in [3.05, 3.63) is 30.3 Å². The third kappa shape index (κ3) is 5.21. The van der Waals surface area contributed by atoms with Crippen molar-refractivity contribution in [1.29, 1.82) is 0 Å². The topological polar surface area (TPSA) is 23.6 Å². The van der Waals surface area contributed by atoms with Crippen molar-refractivity contribution in [3.63, 3.8) is 0 Å². The van der Waals surface area contributed by atoms with Crippen LogP contribution in [0.3, 0.4) is 0 Å². The molecule has 0 saturated carbocycles. The second kappa shape index (κ2) is 8.94. The number of carbonyl (C=O) groups is 1. The number of hydrogen-bond donors (Lipinski definition) is 0. The summed E-state index contributed by atoms with van der Waals surface area (Å²) in [5.41, 5.74) is 0.977. The van der Waals surface area contributed by atoms with E-state index in [9.17, 15) is 4.79 Å². The lowest BCUT2D eigenvalue weighted by atomic mass is 10.2. The molecule has 0 saturated heterocycles. The van der Waals surface area contributed by atoms with Gasteiger partial charge in [0.05, 0.1) is 6.54 Å². The van der Waals surface area contributed by atoms with Crippen LogP contribution in [0.5, 0.6) is 0 Å². The molecule has 1 rings (SSSR count). The van der Waals surface area contributed by atoms with E-state index in [1.165, 1.54) is 0 Å². The van der Waals surface area contributed by atoms with E-state index < -0.39 is 0 Å². The van der Waals surface area contributed by atoms with Gasteiger partial charge in [0.1, 0.15) is 0 Å². The number of para-hydroxylation sites is 1. The summed E-state index contributed by atoms with van der Waals surface area (Å²) in [6.07, 6.45) is 0. The summed E-state index contributed by atoms with van der Waals surface area (Å²) in [7, 11) is 0. The molecule has 0 aliphatic heterocycles. The van der Waals surface area contributed by atoms with Gasteiger partial charge in [0.15, 0.2) is 0 Å². The third-order valence-corrected chi connectivity index (χ3v) is 3.07. The first kappa shape index (κ1) is 17.9. The first-order chi connectivity index (χ1) is 8.60. The fourth-order valence-electron chi connectivity index (χ4n) is 2.03. The van der Waals surface area contributed by atoms with Crippen molar-refractivity contribution in [2.45, 2.75) is 33.7 Å². The van der Waals surface area contributed by atoms with Crippen LogP contribution in [0, 0.1) is 0 Å². The lowest BCUT2D eigenvalue weighted by molar-refractivity contribution is -0.120. The second-order valence-electron chi connectivity index (χ2n) is 4.65. The van der Waals surface area contributed by atoms with Crippen LogP contribution in [-0.2, 0) is 4.79 Å². The third-order valence-electron chi connectivity index (χ3n) is 3.07.